The van der Waals surface area contributed by atoms with Crippen molar-refractivity contribution in [3.05, 3.63) is 29.8 Å². The van der Waals surface area contributed by atoms with Crippen molar-refractivity contribution < 1.29 is 0 Å². The highest BCUT2D eigenvalue weighted by atomic mass is 14.8. The average molecular weight is 242 g/mol. The second kappa shape index (κ2) is 5.94. The zero-order valence-electron chi connectivity index (χ0n) is 11.6. The number of nitrogens with zero attached hydrogens (tertiary/aromatic N) is 2. The molecular formula is C16H22N2. The zero-order chi connectivity index (χ0) is 13.0. The molecule has 0 radical (unpaired) electrons. The van der Waals surface area contributed by atoms with Gasteiger partial charge in [0.05, 0.1) is 5.69 Å². The lowest BCUT2D eigenvalue weighted by molar-refractivity contribution is 0.483. The third kappa shape index (κ3) is 3.06. The molecule has 0 aliphatic heterocycles. The van der Waals surface area contributed by atoms with Gasteiger partial charge in [0, 0.05) is 24.0 Å². The topological polar surface area (TPSA) is 24.7 Å². The van der Waals surface area contributed by atoms with E-state index < -0.39 is 0 Å². The summed E-state index contributed by atoms with van der Waals surface area (Å²) in [5.74, 6) is 0.859. The Morgan fingerprint density at radius 3 is 2.50 bits per heavy atom. The van der Waals surface area contributed by atoms with Gasteiger partial charge in [-0.25, -0.2) is 0 Å². The molecule has 2 heteroatoms. The van der Waals surface area contributed by atoms with E-state index in [2.05, 4.69) is 36.2 Å². The van der Waals surface area contributed by atoms with Crippen LogP contribution >= 0.6 is 0 Å². The second-order valence-electron chi connectivity index (χ2n) is 5.19. The summed E-state index contributed by atoms with van der Waals surface area (Å²) >= 11 is 0. The van der Waals surface area contributed by atoms with E-state index in [1.165, 1.54) is 18.6 Å². The Morgan fingerprint density at radius 1 is 1.17 bits per heavy atom. The molecule has 1 aromatic carbocycles. The van der Waals surface area contributed by atoms with Crippen molar-refractivity contribution in [3.63, 3.8) is 0 Å². The van der Waals surface area contributed by atoms with Crippen LogP contribution in [0, 0.1) is 5.92 Å². The minimum atomic E-state index is 0.859. The Bertz CT molecular complexity index is 462. The van der Waals surface area contributed by atoms with Gasteiger partial charge in [-0.2, -0.15) is 0 Å². The lowest BCUT2D eigenvalue weighted by atomic mass is 9.89. The van der Waals surface area contributed by atoms with E-state index in [-0.39, 0.29) is 0 Å². The number of hydrogen-bond acceptors (Lipinski definition) is 2. The summed E-state index contributed by atoms with van der Waals surface area (Å²) in [6, 6.07) is 8.30. The largest absolute Gasteiger partial charge is 0.293 e. The van der Waals surface area contributed by atoms with E-state index >= 15 is 0 Å². The van der Waals surface area contributed by atoms with Crippen LogP contribution in [0.15, 0.2) is 34.3 Å². The molecule has 18 heavy (non-hydrogen) atoms. The average Bonchev–Trinajstić information content (AvgIpc) is 2.41. The summed E-state index contributed by atoms with van der Waals surface area (Å²) in [4.78, 5) is 9.13. The lowest BCUT2D eigenvalue weighted by Crippen LogP contribution is -2.11. The van der Waals surface area contributed by atoms with Crippen molar-refractivity contribution >= 4 is 17.1 Å². The highest BCUT2D eigenvalue weighted by Crippen LogP contribution is 2.26. The zero-order valence-corrected chi connectivity index (χ0v) is 11.6. The van der Waals surface area contributed by atoms with E-state index in [1.807, 2.05) is 14.0 Å². The summed E-state index contributed by atoms with van der Waals surface area (Å²) in [7, 11) is 1.83. The molecule has 0 aromatic heterocycles. The van der Waals surface area contributed by atoms with Crippen molar-refractivity contribution in [1.29, 1.82) is 0 Å². The molecule has 1 aromatic rings. The quantitative estimate of drug-likeness (QED) is 0.686. The molecule has 0 spiro atoms. The van der Waals surface area contributed by atoms with Gasteiger partial charge in [0.1, 0.15) is 0 Å². The Morgan fingerprint density at radius 2 is 1.83 bits per heavy atom. The predicted molar refractivity (Wildman–Crippen MR) is 79.3 cm³/mol. The van der Waals surface area contributed by atoms with Gasteiger partial charge in [-0.3, -0.25) is 9.98 Å². The van der Waals surface area contributed by atoms with Crippen LogP contribution in [0.1, 0.15) is 45.1 Å². The number of hydrogen-bond donors (Lipinski definition) is 0. The minimum absolute atomic E-state index is 0.859. The molecule has 1 aliphatic rings. The van der Waals surface area contributed by atoms with Gasteiger partial charge in [0.2, 0.25) is 0 Å². The summed E-state index contributed by atoms with van der Waals surface area (Å²) < 4.78 is 0. The molecule has 1 aliphatic carbocycles. The van der Waals surface area contributed by atoms with Crippen LogP contribution in [0.25, 0.3) is 0 Å². The van der Waals surface area contributed by atoms with Crippen LogP contribution in [0.5, 0.6) is 0 Å². The molecule has 1 fully saturated rings. The van der Waals surface area contributed by atoms with Crippen molar-refractivity contribution in [2.24, 2.45) is 15.9 Å². The van der Waals surface area contributed by atoms with Crippen molar-refractivity contribution in [3.8, 4) is 0 Å². The van der Waals surface area contributed by atoms with Crippen molar-refractivity contribution in [2.75, 3.05) is 7.05 Å². The number of aliphatic imine (C=N–C) groups is 2. The van der Waals surface area contributed by atoms with Gasteiger partial charge in [-0.05, 0) is 44.6 Å². The molecule has 0 saturated heterocycles. The summed E-state index contributed by atoms with van der Waals surface area (Å²) in [5, 5.41) is 0. The van der Waals surface area contributed by atoms with E-state index in [0.29, 0.717) is 0 Å². The Kier molecular flexibility index (Phi) is 4.29. The molecule has 2 nitrogen and oxygen atoms in total. The van der Waals surface area contributed by atoms with Gasteiger partial charge in [-0.1, -0.05) is 25.1 Å². The van der Waals surface area contributed by atoms with Gasteiger partial charge in [-0.15, -0.1) is 0 Å². The van der Waals surface area contributed by atoms with Crippen LogP contribution in [-0.4, -0.2) is 18.5 Å². The first-order valence-corrected chi connectivity index (χ1v) is 6.80. The van der Waals surface area contributed by atoms with Crippen LogP contribution in [0.3, 0.4) is 0 Å². The highest BCUT2D eigenvalue weighted by Gasteiger charge is 2.14. The first-order chi connectivity index (χ1) is 8.70. The van der Waals surface area contributed by atoms with Gasteiger partial charge in [0.15, 0.2) is 0 Å². The van der Waals surface area contributed by atoms with Crippen LogP contribution in [-0.2, 0) is 0 Å². The Balaban J connectivity index is 2.26. The molecule has 0 unspecified atom stereocenters. The van der Waals surface area contributed by atoms with E-state index in [4.69, 9.17) is 4.99 Å². The van der Waals surface area contributed by atoms with Gasteiger partial charge < -0.3 is 0 Å². The van der Waals surface area contributed by atoms with Crippen LogP contribution in [0.4, 0.5) is 5.69 Å². The van der Waals surface area contributed by atoms with Crippen LogP contribution < -0.4 is 0 Å². The number of rotatable bonds is 2. The predicted octanol–water partition coefficient (Wildman–Crippen LogP) is 4.41. The maximum Gasteiger partial charge on any atom is 0.0719 e. The molecule has 0 bridgehead atoms. The van der Waals surface area contributed by atoms with E-state index in [1.54, 1.807) is 0 Å². The fraction of sp³-hybridized carbons (Fsp3) is 0.500. The summed E-state index contributed by atoms with van der Waals surface area (Å²) in [6.45, 7) is 4.38. The first-order valence-electron chi connectivity index (χ1n) is 6.80. The number of para-hydroxylation sites is 1. The standard InChI is InChI=1S/C16H22N2/c1-12-8-10-14(11-9-12)18-16-7-5-4-6-15(16)13(2)17-3/h4-7,12H,8-11H2,1-3H3. The molecule has 0 atom stereocenters. The SMILES string of the molecule is CN=C(C)c1ccccc1N=C1CCC(C)CC1. The third-order valence-electron chi connectivity index (χ3n) is 3.76. The highest BCUT2D eigenvalue weighted by molar-refractivity contribution is 6.04. The maximum absolute atomic E-state index is 4.86. The fourth-order valence-corrected chi connectivity index (χ4v) is 2.38. The molecule has 0 heterocycles. The minimum Gasteiger partial charge on any atom is -0.293 e. The Hall–Kier alpha value is -1.44. The van der Waals surface area contributed by atoms with E-state index in [0.717, 1.165) is 35.7 Å². The maximum atomic E-state index is 4.86. The molecule has 2 rings (SSSR count). The van der Waals surface area contributed by atoms with E-state index in [9.17, 15) is 0 Å². The molecule has 96 valence electrons. The third-order valence-corrected chi connectivity index (χ3v) is 3.76. The van der Waals surface area contributed by atoms with Gasteiger partial charge in [0.25, 0.3) is 0 Å². The normalized spacial score (nSPS) is 20.9. The fourth-order valence-electron chi connectivity index (χ4n) is 2.38. The smallest absolute Gasteiger partial charge is 0.0719 e. The second-order valence-corrected chi connectivity index (χ2v) is 5.19. The Labute approximate surface area is 110 Å². The number of benzene rings is 1. The monoisotopic (exact) mass is 242 g/mol. The molecule has 0 N–H and O–H groups in total. The molecular weight excluding hydrogens is 220 g/mol. The molecule has 0 amide bonds. The van der Waals surface area contributed by atoms with Crippen molar-refractivity contribution in [2.45, 2.75) is 39.5 Å². The summed E-state index contributed by atoms with van der Waals surface area (Å²) in [5.41, 5.74) is 4.64. The van der Waals surface area contributed by atoms with Gasteiger partial charge >= 0.3 is 0 Å². The summed E-state index contributed by atoms with van der Waals surface area (Å²) in [6.07, 6.45) is 4.86. The lowest BCUT2D eigenvalue weighted by Gasteiger charge is -2.19. The first kappa shape index (κ1) is 13.0. The van der Waals surface area contributed by atoms with Crippen molar-refractivity contribution in [1.82, 2.24) is 0 Å². The van der Waals surface area contributed by atoms with Crippen LogP contribution in [0.2, 0.25) is 0 Å². The molecule has 1 saturated carbocycles.